The van der Waals surface area contributed by atoms with Crippen molar-refractivity contribution in [3.8, 4) is 5.75 Å². The zero-order chi connectivity index (χ0) is 24.2. The summed E-state index contributed by atoms with van der Waals surface area (Å²) in [5.41, 5.74) is 1.70. The molecule has 1 atom stereocenters. The van der Waals surface area contributed by atoms with Gasteiger partial charge in [0.25, 0.3) is 5.91 Å². The van der Waals surface area contributed by atoms with Gasteiger partial charge in [0.15, 0.2) is 0 Å². The molecule has 2 amide bonds. The quantitative estimate of drug-likeness (QED) is 0.491. The Morgan fingerprint density at radius 1 is 1.20 bits per heavy atom. The van der Waals surface area contributed by atoms with Crippen molar-refractivity contribution < 1.29 is 14.3 Å². The average Bonchev–Trinajstić information content (AvgIpc) is 3.62. The van der Waals surface area contributed by atoms with Gasteiger partial charge in [0, 0.05) is 18.1 Å². The van der Waals surface area contributed by atoms with Crippen LogP contribution in [0.5, 0.6) is 5.75 Å². The predicted molar refractivity (Wildman–Crippen MR) is 137 cm³/mol. The van der Waals surface area contributed by atoms with E-state index < -0.39 is 6.04 Å². The maximum absolute atomic E-state index is 13.2. The highest BCUT2D eigenvalue weighted by Gasteiger charge is 2.28. The number of rotatable bonds is 8. The first kappa shape index (κ1) is 23.4. The smallest absolute Gasteiger partial charge is 0.262 e. The van der Waals surface area contributed by atoms with Crippen molar-refractivity contribution in [2.75, 3.05) is 23.4 Å². The number of ether oxygens (including phenoxy) is 1. The molecular weight excluding hydrogens is 462 g/mol. The molecule has 0 bridgehead atoms. The van der Waals surface area contributed by atoms with Gasteiger partial charge in [-0.1, -0.05) is 37.8 Å². The van der Waals surface area contributed by atoms with Crippen LogP contribution in [0.15, 0.2) is 48.8 Å². The van der Waals surface area contributed by atoms with Gasteiger partial charge in [-0.15, -0.1) is 11.3 Å². The van der Waals surface area contributed by atoms with Gasteiger partial charge in [-0.25, -0.2) is 0 Å². The van der Waals surface area contributed by atoms with Crippen LogP contribution < -0.4 is 20.3 Å². The van der Waals surface area contributed by atoms with Gasteiger partial charge in [0.1, 0.15) is 18.4 Å². The lowest BCUT2D eigenvalue weighted by Gasteiger charge is -2.30. The van der Waals surface area contributed by atoms with Crippen LogP contribution in [0.1, 0.15) is 46.7 Å². The average molecular weight is 494 g/mol. The second-order valence-electron chi connectivity index (χ2n) is 9.31. The van der Waals surface area contributed by atoms with E-state index in [-0.39, 0.29) is 11.8 Å². The van der Waals surface area contributed by atoms with Crippen LogP contribution >= 0.6 is 11.3 Å². The lowest BCUT2D eigenvalue weighted by atomic mass is 9.97. The van der Waals surface area contributed by atoms with Crippen LogP contribution in [0, 0.1) is 5.92 Å². The topological polar surface area (TPSA) is 88.5 Å². The number of aromatic nitrogens is 2. The summed E-state index contributed by atoms with van der Waals surface area (Å²) in [6.45, 7) is 2.16. The monoisotopic (exact) mass is 493 g/mol. The molecule has 3 heterocycles. The second-order valence-corrected chi connectivity index (χ2v) is 10.5. The van der Waals surface area contributed by atoms with Crippen molar-refractivity contribution in [1.29, 1.82) is 0 Å². The summed E-state index contributed by atoms with van der Waals surface area (Å²) in [6.07, 6.45) is 8.61. The first-order chi connectivity index (χ1) is 17.0. The van der Waals surface area contributed by atoms with Crippen molar-refractivity contribution in [1.82, 2.24) is 15.1 Å². The van der Waals surface area contributed by atoms with E-state index >= 15 is 0 Å². The van der Waals surface area contributed by atoms with E-state index in [2.05, 4.69) is 26.7 Å². The number of para-hydroxylation sites is 2. The van der Waals surface area contributed by atoms with Crippen LogP contribution in [-0.4, -0.2) is 40.8 Å². The van der Waals surface area contributed by atoms with Crippen molar-refractivity contribution in [2.45, 2.75) is 44.7 Å². The third-order valence-corrected chi connectivity index (χ3v) is 7.76. The highest BCUT2D eigenvalue weighted by molar-refractivity contribution is 7.14. The molecule has 184 valence electrons. The van der Waals surface area contributed by atoms with E-state index in [1.165, 1.54) is 24.2 Å². The largest absolute Gasteiger partial charge is 0.490 e. The van der Waals surface area contributed by atoms with E-state index in [0.29, 0.717) is 36.1 Å². The number of carbonyl (C=O) groups excluding carboxylic acids is 2. The van der Waals surface area contributed by atoms with Gasteiger partial charge < -0.3 is 20.3 Å². The molecule has 1 saturated carbocycles. The number of nitrogens with zero attached hydrogens (tertiary/aromatic N) is 3. The molecule has 2 aromatic heterocycles. The molecular formula is C26H31N5O3S. The molecule has 0 unspecified atom stereocenters. The Hall–Kier alpha value is -3.33. The number of hydrogen-bond acceptors (Lipinski definition) is 6. The van der Waals surface area contributed by atoms with Crippen molar-refractivity contribution in [3.63, 3.8) is 0 Å². The van der Waals surface area contributed by atoms with Crippen molar-refractivity contribution in [3.05, 3.63) is 58.5 Å². The van der Waals surface area contributed by atoms with Gasteiger partial charge in [-0.3, -0.25) is 14.3 Å². The fourth-order valence-electron chi connectivity index (χ4n) is 4.92. The molecule has 1 aliphatic heterocycles. The number of amides is 2. The fraction of sp³-hybridized carbons (Fsp3) is 0.423. The SMILES string of the molecule is Cn1cc(NC(=O)[C@H](CC2CCCC2)NC(=O)c2ccc(CN3CCOc4ccccc43)s2)cn1. The third-order valence-electron chi connectivity index (χ3n) is 6.69. The summed E-state index contributed by atoms with van der Waals surface area (Å²) in [5, 5.41) is 10.0. The lowest BCUT2D eigenvalue weighted by Crippen LogP contribution is -2.44. The number of fused-ring (bicyclic) bond motifs is 1. The first-order valence-corrected chi connectivity index (χ1v) is 13.0. The molecule has 1 aromatic carbocycles. The Labute approximate surface area is 209 Å². The summed E-state index contributed by atoms with van der Waals surface area (Å²) in [5.74, 6) is 0.954. The van der Waals surface area contributed by atoms with Crippen LogP contribution in [0.4, 0.5) is 11.4 Å². The van der Waals surface area contributed by atoms with Crippen molar-refractivity contribution >= 4 is 34.5 Å². The number of nitrogens with one attached hydrogen (secondary N) is 2. The molecule has 2 N–H and O–H groups in total. The molecule has 2 aliphatic rings. The normalized spacial score (nSPS) is 16.4. The molecule has 0 spiro atoms. The number of thiophene rings is 1. The minimum absolute atomic E-state index is 0.194. The lowest BCUT2D eigenvalue weighted by molar-refractivity contribution is -0.118. The number of aryl methyl sites for hydroxylation is 1. The molecule has 5 rings (SSSR count). The zero-order valence-electron chi connectivity index (χ0n) is 19.9. The summed E-state index contributed by atoms with van der Waals surface area (Å²) in [7, 11) is 1.80. The molecule has 0 saturated heterocycles. The Morgan fingerprint density at radius 2 is 2.03 bits per heavy atom. The fourth-order valence-corrected chi connectivity index (χ4v) is 5.85. The standard InChI is InChI=1S/C26H31N5O3S/c1-30-16-19(15-27-30)28-25(32)21(14-18-6-2-3-7-18)29-26(33)24-11-10-20(35-24)17-31-12-13-34-23-9-5-4-8-22(23)31/h4-5,8-11,15-16,18,21H,2-3,6-7,12-14,17H2,1H3,(H,28,32)(H,29,33)/t21-/m0/s1. The number of anilines is 2. The molecule has 8 nitrogen and oxygen atoms in total. The number of carbonyl (C=O) groups is 2. The van der Waals surface area contributed by atoms with Crippen LogP contribution in [0.3, 0.4) is 0 Å². The molecule has 9 heteroatoms. The summed E-state index contributed by atoms with van der Waals surface area (Å²) >= 11 is 1.47. The van der Waals surface area contributed by atoms with Gasteiger partial charge in [-0.2, -0.15) is 5.10 Å². The Kier molecular flexibility index (Phi) is 7.03. The summed E-state index contributed by atoms with van der Waals surface area (Å²) < 4.78 is 7.39. The predicted octanol–water partition coefficient (Wildman–Crippen LogP) is 4.20. The van der Waals surface area contributed by atoms with Crippen molar-refractivity contribution in [2.24, 2.45) is 13.0 Å². The van der Waals surface area contributed by atoms with E-state index in [1.54, 1.807) is 24.1 Å². The van der Waals surface area contributed by atoms with Gasteiger partial charge >= 0.3 is 0 Å². The Balaban J connectivity index is 1.25. The van der Waals surface area contributed by atoms with E-state index in [4.69, 9.17) is 4.74 Å². The molecule has 0 radical (unpaired) electrons. The van der Waals surface area contributed by atoms with E-state index in [1.807, 2.05) is 30.3 Å². The Bertz CT molecular complexity index is 1180. The molecule has 1 aliphatic carbocycles. The highest BCUT2D eigenvalue weighted by atomic mass is 32.1. The van der Waals surface area contributed by atoms with E-state index in [9.17, 15) is 9.59 Å². The minimum Gasteiger partial charge on any atom is -0.490 e. The van der Waals surface area contributed by atoms with Crippen LogP contribution in [0.2, 0.25) is 0 Å². The molecule has 3 aromatic rings. The maximum Gasteiger partial charge on any atom is 0.262 e. The van der Waals surface area contributed by atoms with Gasteiger partial charge in [0.05, 0.1) is 35.5 Å². The molecule has 35 heavy (non-hydrogen) atoms. The molecule has 1 fully saturated rings. The van der Waals surface area contributed by atoms with E-state index in [0.717, 1.165) is 35.7 Å². The van der Waals surface area contributed by atoms with Crippen LogP contribution in [-0.2, 0) is 18.4 Å². The Morgan fingerprint density at radius 3 is 2.83 bits per heavy atom. The third kappa shape index (κ3) is 5.67. The number of hydrogen-bond donors (Lipinski definition) is 2. The van der Waals surface area contributed by atoms with Gasteiger partial charge in [0.2, 0.25) is 5.91 Å². The van der Waals surface area contributed by atoms with Crippen LogP contribution in [0.25, 0.3) is 0 Å². The maximum atomic E-state index is 13.2. The minimum atomic E-state index is -0.581. The number of benzene rings is 1. The summed E-state index contributed by atoms with van der Waals surface area (Å²) in [4.78, 5) is 30.2. The summed E-state index contributed by atoms with van der Waals surface area (Å²) in [6, 6.07) is 11.3. The first-order valence-electron chi connectivity index (χ1n) is 12.2. The second kappa shape index (κ2) is 10.5. The zero-order valence-corrected chi connectivity index (χ0v) is 20.7. The highest BCUT2D eigenvalue weighted by Crippen LogP contribution is 2.33. The van der Waals surface area contributed by atoms with Gasteiger partial charge in [-0.05, 0) is 36.6 Å².